The Bertz CT molecular complexity index is 775. The number of nitrogens with zero attached hydrogens (tertiary/aromatic N) is 1. The van der Waals surface area contributed by atoms with Crippen molar-refractivity contribution in [1.29, 1.82) is 0 Å². The number of nitrogens with one attached hydrogen (secondary N) is 1. The lowest BCUT2D eigenvalue weighted by Gasteiger charge is -2.05. The van der Waals surface area contributed by atoms with Gasteiger partial charge in [0.1, 0.15) is 0 Å². The van der Waals surface area contributed by atoms with Crippen molar-refractivity contribution in [2.75, 3.05) is 5.73 Å². The van der Waals surface area contributed by atoms with Crippen LogP contribution in [0.3, 0.4) is 0 Å². The third-order valence-corrected chi connectivity index (χ3v) is 3.09. The molecule has 3 rings (SSSR count). The van der Waals surface area contributed by atoms with Gasteiger partial charge in [0.2, 0.25) is 0 Å². The highest BCUT2D eigenvalue weighted by Gasteiger charge is 2.30. The van der Waals surface area contributed by atoms with E-state index in [1.165, 1.54) is 12.3 Å². The summed E-state index contributed by atoms with van der Waals surface area (Å²) in [6.45, 7) is 0. The lowest BCUT2D eigenvalue weighted by molar-refractivity contribution is -0.137. The zero-order valence-electron chi connectivity index (χ0n) is 10.2. The van der Waals surface area contributed by atoms with Crippen LogP contribution in [0.1, 0.15) is 5.56 Å². The van der Waals surface area contributed by atoms with Gasteiger partial charge in [-0.3, -0.25) is 4.98 Å². The van der Waals surface area contributed by atoms with Crippen molar-refractivity contribution < 1.29 is 13.2 Å². The molecule has 0 saturated heterocycles. The SMILES string of the molecule is Nc1cnccc1-c1cc2cc(C(F)(F)F)ccc2[nH]1. The number of pyridine rings is 1. The Labute approximate surface area is 112 Å². The van der Waals surface area contributed by atoms with Crippen molar-refractivity contribution in [2.24, 2.45) is 0 Å². The number of aromatic nitrogens is 2. The number of rotatable bonds is 1. The predicted molar refractivity (Wildman–Crippen MR) is 70.9 cm³/mol. The molecule has 102 valence electrons. The van der Waals surface area contributed by atoms with Gasteiger partial charge < -0.3 is 10.7 Å². The minimum atomic E-state index is -4.35. The highest BCUT2D eigenvalue weighted by Crippen LogP contribution is 2.33. The molecule has 2 aromatic heterocycles. The molecule has 1 aromatic carbocycles. The molecule has 0 amide bonds. The number of anilines is 1. The van der Waals surface area contributed by atoms with Crippen LogP contribution in [0, 0.1) is 0 Å². The van der Waals surface area contributed by atoms with Gasteiger partial charge in [-0.15, -0.1) is 0 Å². The number of nitrogen functional groups attached to an aromatic ring is 1. The Hall–Kier alpha value is -2.50. The number of hydrogen-bond donors (Lipinski definition) is 2. The molecular weight excluding hydrogens is 267 g/mol. The van der Waals surface area contributed by atoms with E-state index in [0.29, 0.717) is 27.8 Å². The summed E-state index contributed by atoms with van der Waals surface area (Å²) in [5.41, 5.74) is 7.62. The molecule has 0 unspecified atom stereocenters. The summed E-state index contributed by atoms with van der Waals surface area (Å²) >= 11 is 0. The van der Waals surface area contributed by atoms with Gasteiger partial charge in [0.25, 0.3) is 0 Å². The number of nitrogens with two attached hydrogens (primary N) is 1. The van der Waals surface area contributed by atoms with Gasteiger partial charge in [0.05, 0.1) is 17.4 Å². The fourth-order valence-corrected chi connectivity index (χ4v) is 2.11. The molecule has 20 heavy (non-hydrogen) atoms. The smallest absolute Gasteiger partial charge is 0.397 e. The zero-order valence-corrected chi connectivity index (χ0v) is 10.2. The average Bonchev–Trinajstić information content (AvgIpc) is 2.80. The van der Waals surface area contributed by atoms with E-state index in [1.54, 1.807) is 18.3 Å². The van der Waals surface area contributed by atoms with Gasteiger partial charge in [0.15, 0.2) is 0 Å². The minimum Gasteiger partial charge on any atom is -0.397 e. The van der Waals surface area contributed by atoms with Gasteiger partial charge in [0, 0.05) is 28.4 Å². The molecule has 3 N–H and O–H groups in total. The van der Waals surface area contributed by atoms with Gasteiger partial charge in [-0.25, -0.2) is 0 Å². The summed E-state index contributed by atoms with van der Waals surface area (Å²) in [6.07, 6.45) is -1.26. The summed E-state index contributed by atoms with van der Waals surface area (Å²) in [7, 11) is 0. The van der Waals surface area contributed by atoms with Crippen LogP contribution in [0.4, 0.5) is 18.9 Å². The molecule has 0 spiro atoms. The summed E-state index contributed by atoms with van der Waals surface area (Å²) < 4.78 is 38.0. The van der Waals surface area contributed by atoms with Gasteiger partial charge in [-0.1, -0.05) is 0 Å². The highest BCUT2D eigenvalue weighted by atomic mass is 19.4. The molecule has 0 aliphatic rings. The number of halogens is 3. The van der Waals surface area contributed by atoms with Gasteiger partial charge >= 0.3 is 6.18 Å². The molecule has 0 radical (unpaired) electrons. The van der Waals surface area contributed by atoms with Gasteiger partial charge in [-0.2, -0.15) is 13.2 Å². The number of aromatic amines is 1. The van der Waals surface area contributed by atoms with E-state index < -0.39 is 11.7 Å². The van der Waals surface area contributed by atoms with E-state index in [4.69, 9.17) is 5.73 Å². The second kappa shape index (κ2) is 4.26. The number of hydrogen-bond acceptors (Lipinski definition) is 2. The molecule has 6 heteroatoms. The molecule has 0 aliphatic heterocycles. The van der Waals surface area contributed by atoms with E-state index in [-0.39, 0.29) is 0 Å². The topological polar surface area (TPSA) is 54.7 Å². The van der Waals surface area contributed by atoms with Crippen LogP contribution in [0.15, 0.2) is 42.7 Å². The first kappa shape index (κ1) is 12.5. The lowest BCUT2D eigenvalue weighted by atomic mass is 10.1. The summed E-state index contributed by atoms with van der Waals surface area (Å²) in [6, 6.07) is 6.95. The first-order chi connectivity index (χ1) is 9.45. The Balaban J connectivity index is 2.14. The first-order valence-corrected chi connectivity index (χ1v) is 5.85. The number of alkyl halides is 3. The second-order valence-corrected chi connectivity index (χ2v) is 4.45. The summed E-state index contributed by atoms with van der Waals surface area (Å²) in [5.74, 6) is 0. The van der Waals surface area contributed by atoms with Gasteiger partial charge in [-0.05, 0) is 30.3 Å². The van der Waals surface area contributed by atoms with Crippen molar-refractivity contribution in [3.63, 3.8) is 0 Å². The zero-order chi connectivity index (χ0) is 14.3. The van der Waals surface area contributed by atoms with Crippen LogP contribution < -0.4 is 5.73 Å². The molecular formula is C14H10F3N3. The number of fused-ring (bicyclic) bond motifs is 1. The molecule has 0 atom stereocenters. The number of H-pyrrole nitrogens is 1. The molecule has 0 bridgehead atoms. The maximum absolute atomic E-state index is 12.7. The van der Waals surface area contributed by atoms with E-state index in [0.717, 1.165) is 12.1 Å². The van der Waals surface area contributed by atoms with Crippen LogP contribution in [-0.4, -0.2) is 9.97 Å². The predicted octanol–water partition coefficient (Wildman–Crippen LogP) is 3.83. The molecule has 2 heterocycles. The standard InChI is InChI=1S/C14H10F3N3/c15-14(16,17)9-1-2-12-8(5-9)6-13(20-12)10-3-4-19-7-11(10)18/h1-7,20H,18H2. The van der Waals surface area contributed by atoms with Crippen molar-refractivity contribution in [1.82, 2.24) is 9.97 Å². The van der Waals surface area contributed by atoms with Crippen molar-refractivity contribution in [2.45, 2.75) is 6.18 Å². The van der Waals surface area contributed by atoms with Crippen molar-refractivity contribution in [3.05, 3.63) is 48.3 Å². The monoisotopic (exact) mass is 277 g/mol. The molecule has 0 fully saturated rings. The average molecular weight is 277 g/mol. The molecule has 0 saturated carbocycles. The summed E-state index contributed by atoms with van der Waals surface area (Å²) in [4.78, 5) is 6.94. The van der Waals surface area contributed by atoms with Crippen molar-refractivity contribution >= 4 is 16.6 Å². The fraction of sp³-hybridized carbons (Fsp3) is 0.0714. The minimum absolute atomic E-state index is 0.468. The fourth-order valence-electron chi connectivity index (χ4n) is 2.11. The van der Waals surface area contributed by atoms with Crippen LogP contribution >= 0.6 is 0 Å². The van der Waals surface area contributed by atoms with E-state index >= 15 is 0 Å². The maximum Gasteiger partial charge on any atom is 0.416 e. The van der Waals surface area contributed by atoms with E-state index in [1.807, 2.05) is 0 Å². The Kier molecular flexibility index (Phi) is 2.67. The Morgan fingerprint density at radius 3 is 2.60 bits per heavy atom. The van der Waals surface area contributed by atoms with Crippen LogP contribution in [-0.2, 0) is 6.18 Å². The van der Waals surface area contributed by atoms with Crippen LogP contribution in [0.25, 0.3) is 22.2 Å². The van der Waals surface area contributed by atoms with E-state index in [9.17, 15) is 13.2 Å². The second-order valence-electron chi connectivity index (χ2n) is 4.45. The summed E-state index contributed by atoms with van der Waals surface area (Å²) in [5, 5.41) is 0.492. The maximum atomic E-state index is 12.7. The quantitative estimate of drug-likeness (QED) is 0.710. The number of benzene rings is 1. The largest absolute Gasteiger partial charge is 0.416 e. The highest BCUT2D eigenvalue weighted by molar-refractivity contribution is 5.88. The van der Waals surface area contributed by atoms with Crippen LogP contribution in [0.2, 0.25) is 0 Å². The lowest BCUT2D eigenvalue weighted by Crippen LogP contribution is -2.03. The normalized spacial score (nSPS) is 11.9. The van der Waals surface area contributed by atoms with Crippen molar-refractivity contribution in [3.8, 4) is 11.3 Å². The molecule has 3 aromatic rings. The third kappa shape index (κ3) is 2.09. The van der Waals surface area contributed by atoms with Crippen LogP contribution in [0.5, 0.6) is 0 Å². The Morgan fingerprint density at radius 1 is 1.10 bits per heavy atom. The Morgan fingerprint density at radius 2 is 1.90 bits per heavy atom. The van der Waals surface area contributed by atoms with E-state index in [2.05, 4.69) is 9.97 Å². The third-order valence-electron chi connectivity index (χ3n) is 3.09. The molecule has 3 nitrogen and oxygen atoms in total. The molecule has 0 aliphatic carbocycles. The first-order valence-electron chi connectivity index (χ1n) is 5.85.